The van der Waals surface area contributed by atoms with Crippen LogP contribution in [0.4, 0.5) is 17.1 Å². The molecule has 2 heterocycles. The van der Waals surface area contributed by atoms with E-state index in [4.69, 9.17) is 4.42 Å². The van der Waals surface area contributed by atoms with Crippen molar-refractivity contribution >= 4 is 82.4 Å². The summed E-state index contributed by atoms with van der Waals surface area (Å²) in [7, 11) is 0. The van der Waals surface area contributed by atoms with Crippen molar-refractivity contribution in [3.63, 3.8) is 0 Å². The van der Waals surface area contributed by atoms with E-state index in [1.807, 2.05) is 12.1 Å². The van der Waals surface area contributed by atoms with Crippen LogP contribution in [-0.2, 0) is 0 Å². The van der Waals surface area contributed by atoms with Crippen molar-refractivity contribution in [1.82, 2.24) is 4.57 Å². The number of benzene rings is 9. The van der Waals surface area contributed by atoms with E-state index in [9.17, 15) is 0 Å². The molecule has 3 nitrogen and oxygen atoms in total. The molecule has 53 heavy (non-hydrogen) atoms. The predicted octanol–water partition coefficient (Wildman–Crippen LogP) is 14.1. The van der Waals surface area contributed by atoms with Crippen LogP contribution in [0.1, 0.15) is 0 Å². The van der Waals surface area contributed by atoms with Gasteiger partial charge in [-0.15, -0.1) is 0 Å². The Morgan fingerprint density at radius 3 is 1.53 bits per heavy atom. The lowest BCUT2D eigenvalue weighted by molar-refractivity contribution is 0.669. The molecule has 3 heteroatoms. The second-order valence-electron chi connectivity index (χ2n) is 13.7. The second kappa shape index (κ2) is 11.7. The summed E-state index contributed by atoms with van der Waals surface area (Å²) in [4.78, 5) is 2.31. The molecule has 0 aliphatic carbocycles. The van der Waals surface area contributed by atoms with Crippen molar-refractivity contribution in [1.29, 1.82) is 0 Å². The van der Waals surface area contributed by atoms with Gasteiger partial charge < -0.3 is 13.9 Å². The van der Waals surface area contributed by atoms with Crippen LogP contribution >= 0.6 is 0 Å². The molecule has 0 saturated carbocycles. The Hall–Kier alpha value is -7.10. The van der Waals surface area contributed by atoms with Crippen LogP contribution in [0.15, 0.2) is 199 Å². The van der Waals surface area contributed by atoms with Gasteiger partial charge in [0.2, 0.25) is 0 Å². The van der Waals surface area contributed by atoms with Gasteiger partial charge in [0, 0.05) is 44.3 Å². The minimum absolute atomic E-state index is 0.893. The van der Waals surface area contributed by atoms with E-state index in [1.165, 1.54) is 54.5 Å². The monoisotopic (exact) mass is 676 g/mol. The van der Waals surface area contributed by atoms with Gasteiger partial charge in [-0.05, 0) is 105 Å². The Labute approximate surface area is 306 Å². The first-order valence-electron chi connectivity index (χ1n) is 18.1. The number of fused-ring (bicyclic) bond motifs is 10. The van der Waals surface area contributed by atoms with E-state index < -0.39 is 0 Å². The van der Waals surface area contributed by atoms with Gasteiger partial charge in [-0.3, -0.25) is 0 Å². The second-order valence-corrected chi connectivity index (χ2v) is 13.7. The molecular weight excluding hydrogens is 645 g/mol. The van der Waals surface area contributed by atoms with E-state index in [1.54, 1.807) is 0 Å². The van der Waals surface area contributed by atoms with Gasteiger partial charge in [0.1, 0.15) is 11.2 Å². The molecule has 9 aromatic carbocycles. The summed E-state index contributed by atoms with van der Waals surface area (Å²) in [6.07, 6.45) is 0. The summed E-state index contributed by atoms with van der Waals surface area (Å²) in [6.45, 7) is 0. The van der Waals surface area contributed by atoms with Crippen molar-refractivity contribution in [2.45, 2.75) is 0 Å². The summed E-state index contributed by atoms with van der Waals surface area (Å²) in [5.41, 5.74) is 11.0. The van der Waals surface area contributed by atoms with Crippen LogP contribution in [0.3, 0.4) is 0 Å². The Kier molecular flexibility index (Phi) is 6.55. The quantitative estimate of drug-likeness (QED) is 0.181. The highest BCUT2D eigenvalue weighted by Gasteiger charge is 2.18. The first kappa shape index (κ1) is 29.6. The van der Waals surface area contributed by atoms with Crippen LogP contribution in [0, 0.1) is 0 Å². The molecule has 0 atom stereocenters. The fraction of sp³-hybridized carbons (Fsp3) is 0. The molecule has 0 N–H and O–H groups in total. The Balaban J connectivity index is 0.996. The van der Waals surface area contributed by atoms with Crippen molar-refractivity contribution in [2.75, 3.05) is 4.90 Å². The number of rotatable bonds is 5. The maximum Gasteiger partial charge on any atom is 0.135 e. The van der Waals surface area contributed by atoms with Crippen molar-refractivity contribution < 1.29 is 4.42 Å². The van der Waals surface area contributed by atoms with Gasteiger partial charge in [-0.2, -0.15) is 0 Å². The molecule has 11 aromatic rings. The van der Waals surface area contributed by atoms with Crippen molar-refractivity contribution in [2.24, 2.45) is 0 Å². The largest absolute Gasteiger partial charge is 0.456 e. The molecule has 2 aromatic heterocycles. The molecule has 248 valence electrons. The molecule has 0 saturated heterocycles. The number of hydrogen-bond acceptors (Lipinski definition) is 2. The molecule has 0 amide bonds. The summed E-state index contributed by atoms with van der Waals surface area (Å²) < 4.78 is 8.58. The van der Waals surface area contributed by atoms with E-state index in [0.29, 0.717) is 0 Å². The van der Waals surface area contributed by atoms with Crippen LogP contribution in [0.2, 0.25) is 0 Å². The van der Waals surface area contributed by atoms with Gasteiger partial charge in [0.15, 0.2) is 0 Å². The van der Waals surface area contributed by atoms with Gasteiger partial charge >= 0.3 is 0 Å². The Morgan fingerprint density at radius 1 is 0.358 bits per heavy atom. The molecule has 0 aliphatic rings. The third kappa shape index (κ3) is 4.68. The lowest BCUT2D eigenvalue weighted by Crippen LogP contribution is -2.09. The maximum absolute atomic E-state index is 6.15. The highest BCUT2D eigenvalue weighted by molar-refractivity contribution is 6.28. The summed E-state index contributed by atoms with van der Waals surface area (Å²) in [6, 6.07) is 69.7. The minimum Gasteiger partial charge on any atom is -0.456 e. The highest BCUT2D eigenvalue weighted by atomic mass is 16.3. The lowest BCUT2D eigenvalue weighted by Gasteiger charge is -2.25. The summed E-state index contributed by atoms with van der Waals surface area (Å²) in [5.74, 6) is 0. The lowest BCUT2D eigenvalue weighted by atomic mass is 10.00. The molecule has 0 aliphatic heterocycles. The normalized spacial score (nSPS) is 11.8. The van der Waals surface area contributed by atoms with E-state index in [0.717, 1.165) is 44.7 Å². The first-order valence-corrected chi connectivity index (χ1v) is 18.1. The zero-order chi connectivity index (χ0) is 34.9. The standard InChI is InChI=1S/C50H32N2O/c1-2-12-37(13-3-1)51(40-28-31-48-44(32-40)43-16-8-9-17-47(43)53-48)38-24-18-33(19-25-38)34-20-26-39(27-21-34)52-45-29-22-35-10-4-6-14-41(35)49(45)50-42-15-7-5-11-36(42)23-30-46(50)52/h1-32H. The number of nitrogens with zero attached hydrogens (tertiary/aromatic N) is 2. The SMILES string of the molecule is c1ccc(N(c2ccc(-c3ccc(-n4c5ccc6ccccc6c5c5c6ccccc6ccc54)cc3)cc2)c2ccc3oc4ccccc4c3c2)cc1. The Morgan fingerprint density at radius 2 is 0.868 bits per heavy atom. The molecule has 0 spiro atoms. The smallest absolute Gasteiger partial charge is 0.135 e. The topological polar surface area (TPSA) is 21.3 Å². The maximum atomic E-state index is 6.15. The number of anilines is 3. The molecule has 0 bridgehead atoms. The van der Waals surface area contributed by atoms with Gasteiger partial charge in [0.05, 0.1) is 11.0 Å². The van der Waals surface area contributed by atoms with Gasteiger partial charge in [-0.1, -0.05) is 121 Å². The van der Waals surface area contributed by atoms with Crippen LogP contribution in [-0.4, -0.2) is 4.57 Å². The third-order valence-electron chi connectivity index (χ3n) is 10.8. The fourth-order valence-electron chi connectivity index (χ4n) is 8.31. The third-order valence-corrected chi connectivity index (χ3v) is 10.8. The zero-order valence-corrected chi connectivity index (χ0v) is 28.8. The fourth-order valence-corrected chi connectivity index (χ4v) is 8.31. The van der Waals surface area contributed by atoms with Crippen molar-refractivity contribution in [3.05, 3.63) is 194 Å². The number of para-hydroxylation sites is 2. The average Bonchev–Trinajstić information content (AvgIpc) is 3.78. The first-order chi connectivity index (χ1) is 26.3. The molecule has 0 radical (unpaired) electrons. The molecule has 11 rings (SSSR count). The average molecular weight is 677 g/mol. The summed E-state index contributed by atoms with van der Waals surface area (Å²) in [5, 5.41) is 9.92. The van der Waals surface area contributed by atoms with E-state index in [-0.39, 0.29) is 0 Å². The van der Waals surface area contributed by atoms with E-state index >= 15 is 0 Å². The minimum atomic E-state index is 0.893. The Bertz CT molecular complexity index is 3060. The highest BCUT2D eigenvalue weighted by Crippen LogP contribution is 2.42. The molecule has 0 unspecified atom stereocenters. The number of hydrogen-bond donors (Lipinski definition) is 0. The summed E-state index contributed by atoms with van der Waals surface area (Å²) >= 11 is 0. The van der Waals surface area contributed by atoms with E-state index in [2.05, 4.69) is 191 Å². The number of furan rings is 1. The number of aromatic nitrogens is 1. The molecule has 0 fully saturated rings. The van der Waals surface area contributed by atoms with Crippen LogP contribution < -0.4 is 4.90 Å². The van der Waals surface area contributed by atoms with Crippen molar-refractivity contribution in [3.8, 4) is 16.8 Å². The van der Waals surface area contributed by atoms with Gasteiger partial charge in [-0.25, -0.2) is 0 Å². The predicted molar refractivity (Wildman–Crippen MR) is 223 cm³/mol. The zero-order valence-electron chi connectivity index (χ0n) is 28.8. The van der Waals surface area contributed by atoms with Gasteiger partial charge in [0.25, 0.3) is 0 Å². The van der Waals surface area contributed by atoms with Crippen LogP contribution in [0.25, 0.3) is 82.1 Å². The van der Waals surface area contributed by atoms with Crippen LogP contribution in [0.5, 0.6) is 0 Å². The molecular formula is C50H32N2O.